The van der Waals surface area contributed by atoms with Crippen molar-refractivity contribution in [2.75, 3.05) is 21.3 Å². The second kappa shape index (κ2) is 9.16. The third kappa shape index (κ3) is 5.42. The number of hydrogen-bond acceptors (Lipinski definition) is 4. The Morgan fingerprint density at radius 3 is 2.04 bits per heavy atom. The molecule has 0 bridgehead atoms. The van der Waals surface area contributed by atoms with E-state index in [9.17, 15) is 18.0 Å². The Morgan fingerprint density at radius 2 is 1.57 bits per heavy atom. The molecule has 0 saturated carbocycles. The summed E-state index contributed by atoms with van der Waals surface area (Å²) in [6, 6.07) is 7.85. The van der Waals surface area contributed by atoms with Crippen molar-refractivity contribution in [2.45, 2.75) is 12.7 Å². The van der Waals surface area contributed by atoms with Crippen molar-refractivity contribution in [2.24, 2.45) is 0 Å². The molecule has 0 aliphatic heterocycles. The van der Waals surface area contributed by atoms with Crippen LogP contribution in [0.1, 0.15) is 16.7 Å². The van der Waals surface area contributed by atoms with E-state index < -0.39 is 17.6 Å². The SMILES string of the molecule is COc1cc(OC)c(CNC(=O)/C=C/c2ccc(C(F)(F)F)cc2)c(OC)c1. The largest absolute Gasteiger partial charge is 0.496 e. The molecule has 0 radical (unpaired) electrons. The maximum atomic E-state index is 12.6. The van der Waals surface area contributed by atoms with Gasteiger partial charge < -0.3 is 19.5 Å². The Balaban J connectivity index is 2.05. The number of benzene rings is 2. The van der Waals surface area contributed by atoms with E-state index in [1.54, 1.807) is 12.1 Å². The summed E-state index contributed by atoms with van der Waals surface area (Å²) in [5, 5.41) is 2.69. The Kier molecular flexibility index (Phi) is 6.92. The molecule has 0 aliphatic carbocycles. The molecule has 8 heteroatoms. The zero-order valence-corrected chi connectivity index (χ0v) is 15.6. The van der Waals surface area contributed by atoms with E-state index in [2.05, 4.69) is 5.32 Å². The van der Waals surface area contributed by atoms with Gasteiger partial charge in [0.15, 0.2) is 0 Å². The first kappa shape index (κ1) is 21.1. The minimum atomic E-state index is -4.39. The maximum absolute atomic E-state index is 12.6. The number of carbonyl (C=O) groups excluding carboxylic acids is 1. The molecule has 2 rings (SSSR count). The van der Waals surface area contributed by atoms with Gasteiger partial charge in [0.25, 0.3) is 0 Å². The van der Waals surface area contributed by atoms with Crippen molar-refractivity contribution in [3.63, 3.8) is 0 Å². The van der Waals surface area contributed by atoms with Crippen molar-refractivity contribution in [1.82, 2.24) is 5.32 Å². The van der Waals surface area contributed by atoms with Crippen LogP contribution < -0.4 is 19.5 Å². The van der Waals surface area contributed by atoms with E-state index in [4.69, 9.17) is 14.2 Å². The molecular weight excluding hydrogens is 375 g/mol. The molecule has 0 spiro atoms. The molecule has 2 aromatic carbocycles. The normalized spacial score (nSPS) is 11.4. The van der Waals surface area contributed by atoms with Gasteiger partial charge in [0.2, 0.25) is 5.91 Å². The molecule has 0 heterocycles. The maximum Gasteiger partial charge on any atom is 0.416 e. The number of carbonyl (C=O) groups is 1. The van der Waals surface area contributed by atoms with Gasteiger partial charge in [-0.2, -0.15) is 13.2 Å². The van der Waals surface area contributed by atoms with Gasteiger partial charge in [-0.25, -0.2) is 0 Å². The summed E-state index contributed by atoms with van der Waals surface area (Å²) in [5.41, 5.74) is 0.359. The van der Waals surface area contributed by atoms with Crippen LogP contribution in [0.4, 0.5) is 13.2 Å². The summed E-state index contributed by atoms with van der Waals surface area (Å²) in [4.78, 5) is 12.1. The highest BCUT2D eigenvalue weighted by molar-refractivity contribution is 5.91. The lowest BCUT2D eigenvalue weighted by Gasteiger charge is -2.15. The third-order valence-electron chi connectivity index (χ3n) is 3.92. The van der Waals surface area contributed by atoms with Crippen LogP contribution in [-0.4, -0.2) is 27.2 Å². The second-order valence-corrected chi connectivity index (χ2v) is 5.68. The van der Waals surface area contributed by atoms with E-state index in [1.165, 1.54) is 45.6 Å². The van der Waals surface area contributed by atoms with Crippen LogP contribution in [0.5, 0.6) is 17.2 Å². The summed E-state index contributed by atoms with van der Waals surface area (Å²) >= 11 is 0. The lowest BCUT2D eigenvalue weighted by Crippen LogP contribution is -2.21. The average Bonchev–Trinajstić information content (AvgIpc) is 2.69. The van der Waals surface area contributed by atoms with Gasteiger partial charge in [-0.3, -0.25) is 4.79 Å². The molecule has 150 valence electrons. The number of amides is 1. The molecule has 0 atom stereocenters. The van der Waals surface area contributed by atoms with E-state index in [0.29, 0.717) is 28.4 Å². The van der Waals surface area contributed by atoms with Crippen molar-refractivity contribution in [1.29, 1.82) is 0 Å². The van der Waals surface area contributed by atoms with E-state index in [1.807, 2.05) is 0 Å². The van der Waals surface area contributed by atoms with Gasteiger partial charge in [-0.05, 0) is 23.8 Å². The number of hydrogen-bond donors (Lipinski definition) is 1. The summed E-state index contributed by atoms with van der Waals surface area (Å²) < 4.78 is 53.5. The van der Waals surface area contributed by atoms with E-state index >= 15 is 0 Å². The Morgan fingerprint density at radius 1 is 1.00 bits per heavy atom. The zero-order valence-electron chi connectivity index (χ0n) is 15.6. The predicted molar refractivity (Wildman–Crippen MR) is 98.4 cm³/mol. The highest BCUT2D eigenvalue weighted by Gasteiger charge is 2.29. The molecule has 1 N–H and O–H groups in total. The minimum Gasteiger partial charge on any atom is -0.496 e. The van der Waals surface area contributed by atoms with Crippen LogP contribution in [0.15, 0.2) is 42.5 Å². The van der Waals surface area contributed by atoms with Crippen molar-refractivity contribution >= 4 is 12.0 Å². The van der Waals surface area contributed by atoms with Gasteiger partial charge in [-0.1, -0.05) is 12.1 Å². The number of methoxy groups -OCH3 is 3. The summed E-state index contributed by atoms with van der Waals surface area (Å²) in [6.45, 7) is 0.131. The van der Waals surface area contributed by atoms with Crippen molar-refractivity contribution < 1.29 is 32.2 Å². The molecule has 0 saturated heterocycles. The lowest BCUT2D eigenvalue weighted by atomic mass is 10.1. The minimum absolute atomic E-state index is 0.131. The highest BCUT2D eigenvalue weighted by atomic mass is 19.4. The lowest BCUT2D eigenvalue weighted by molar-refractivity contribution is -0.137. The van der Waals surface area contributed by atoms with Crippen molar-refractivity contribution in [3.8, 4) is 17.2 Å². The predicted octanol–water partition coefficient (Wildman–Crippen LogP) is 4.06. The number of ether oxygens (including phenoxy) is 3. The summed E-state index contributed by atoms with van der Waals surface area (Å²) in [6.07, 6.45) is -1.72. The summed E-state index contributed by atoms with van der Waals surface area (Å²) in [7, 11) is 4.50. The number of nitrogens with one attached hydrogen (secondary N) is 1. The van der Waals surface area contributed by atoms with Crippen LogP contribution in [0.3, 0.4) is 0 Å². The quantitative estimate of drug-likeness (QED) is 0.719. The fourth-order valence-corrected chi connectivity index (χ4v) is 2.44. The van der Waals surface area contributed by atoms with Gasteiger partial charge >= 0.3 is 6.18 Å². The number of alkyl halides is 3. The van der Waals surface area contributed by atoms with Crippen molar-refractivity contribution in [3.05, 3.63) is 59.2 Å². The Labute approximate surface area is 160 Å². The first-order valence-corrected chi connectivity index (χ1v) is 8.20. The average molecular weight is 395 g/mol. The van der Waals surface area contributed by atoms with Gasteiger partial charge in [0.05, 0.1) is 39.0 Å². The van der Waals surface area contributed by atoms with Gasteiger partial charge in [0, 0.05) is 18.2 Å². The molecule has 0 aliphatic rings. The zero-order chi connectivity index (χ0) is 20.7. The number of halogens is 3. The molecule has 28 heavy (non-hydrogen) atoms. The molecule has 0 unspecified atom stereocenters. The third-order valence-corrected chi connectivity index (χ3v) is 3.92. The van der Waals surface area contributed by atoms with E-state index in [-0.39, 0.29) is 6.54 Å². The van der Waals surface area contributed by atoms with Crippen LogP contribution in [0.2, 0.25) is 0 Å². The van der Waals surface area contributed by atoms with E-state index in [0.717, 1.165) is 12.1 Å². The van der Waals surface area contributed by atoms with Crippen LogP contribution in [0, 0.1) is 0 Å². The fraction of sp³-hybridized carbons (Fsp3) is 0.250. The first-order valence-electron chi connectivity index (χ1n) is 8.20. The summed E-state index contributed by atoms with van der Waals surface area (Å²) in [5.74, 6) is 1.11. The molecule has 1 amide bonds. The molecular formula is C20H20F3NO4. The topological polar surface area (TPSA) is 56.8 Å². The standard InChI is InChI=1S/C20H20F3NO4/c1-26-15-10-17(27-2)16(18(11-15)28-3)12-24-19(25)9-6-13-4-7-14(8-5-13)20(21,22)23/h4-11H,12H2,1-3H3,(H,24,25)/b9-6+. The highest BCUT2D eigenvalue weighted by Crippen LogP contribution is 2.34. The van der Waals surface area contributed by atoms with Crippen LogP contribution >= 0.6 is 0 Å². The first-order chi connectivity index (χ1) is 13.3. The monoisotopic (exact) mass is 395 g/mol. The van der Waals surface area contributed by atoms with Crippen LogP contribution in [0.25, 0.3) is 6.08 Å². The van der Waals surface area contributed by atoms with Gasteiger partial charge in [-0.15, -0.1) is 0 Å². The van der Waals surface area contributed by atoms with Crippen LogP contribution in [-0.2, 0) is 17.5 Å². The molecule has 5 nitrogen and oxygen atoms in total. The molecule has 0 aromatic heterocycles. The molecule has 0 fully saturated rings. The molecule has 2 aromatic rings. The smallest absolute Gasteiger partial charge is 0.416 e. The van der Waals surface area contributed by atoms with Gasteiger partial charge in [0.1, 0.15) is 17.2 Å². The fourth-order valence-electron chi connectivity index (χ4n) is 2.44. The Bertz CT molecular complexity index is 821. The number of rotatable bonds is 7. The second-order valence-electron chi connectivity index (χ2n) is 5.68. The Hall–Kier alpha value is -3.16.